The van der Waals surface area contributed by atoms with E-state index in [1.54, 1.807) is 0 Å². The van der Waals surface area contributed by atoms with Crippen molar-refractivity contribution in [2.75, 3.05) is 6.61 Å². The first-order valence-corrected chi connectivity index (χ1v) is 17.0. The summed E-state index contributed by atoms with van der Waals surface area (Å²) in [7, 11) is 0. The lowest BCUT2D eigenvalue weighted by Gasteiger charge is -2.09. The number of aliphatic hydroxyl groups is 1. The summed E-state index contributed by atoms with van der Waals surface area (Å²) in [6.45, 7) is 9.55. The van der Waals surface area contributed by atoms with Gasteiger partial charge in [0, 0.05) is 6.42 Å². The van der Waals surface area contributed by atoms with Crippen LogP contribution >= 0.6 is 0 Å². The Bertz CT molecular complexity index is 410. The molecule has 0 aliphatic heterocycles. The van der Waals surface area contributed by atoms with Crippen LogP contribution in [0.4, 0.5) is 0 Å². The average Bonchev–Trinajstić information content (AvgIpc) is 2.90. The molecule has 0 saturated carbocycles. The number of carbonyl (C=O) groups is 1. The standard InChI is InChI=1S/C18H36O2.C16H34O/c1-3-5-7-9-10-11-12-13-14-16-18(19)20-17-15-8-6-4-2;1-3-5-7-9-10-11-13-15-16(17)14-12-8-6-4-2/h3-17H2,1-2H3;16-17H,3-15H2,1-2H3. The van der Waals surface area contributed by atoms with Gasteiger partial charge in [0.25, 0.3) is 0 Å². The number of hydrogen-bond acceptors (Lipinski definition) is 3. The van der Waals surface area contributed by atoms with Gasteiger partial charge in [0.05, 0.1) is 12.7 Å². The molecule has 0 saturated heterocycles. The minimum atomic E-state index is -0.0255. The third-order valence-electron chi connectivity index (χ3n) is 7.28. The molecule has 3 nitrogen and oxygen atoms in total. The number of ether oxygens (including phenoxy) is 1. The van der Waals surface area contributed by atoms with Gasteiger partial charge in [-0.2, -0.15) is 0 Å². The van der Waals surface area contributed by atoms with Crippen molar-refractivity contribution in [1.82, 2.24) is 0 Å². The maximum atomic E-state index is 11.5. The van der Waals surface area contributed by atoms with Crippen molar-refractivity contribution in [3.05, 3.63) is 0 Å². The summed E-state index contributed by atoms with van der Waals surface area (Å²) >= 11 is 0. The van der Waals surface area contributed by atoms with E-state index in [0.29, 0.717) is 13.0 Å². The second-order valence-corrected chi connectivity index (χ2v) is 11.3. The van der Waals surface area contributed by atoms with Crippen molar-refractivity contribution in [3.63, 3.8) is 0 Å². The summed E-state index contributed by atoms with van der Waals surface area (Å²) in [6, 6.07) is 0. The van der Waals surface area contributed by atoms with Gasteiger partial charge in [-0.15, -0.1) is 0 Å². The van der Waals surface area contributed by atoms with Crippen molar-refractivity contribution in [2.24, 2.45) is 0 Å². The zero-order chi connectivity index (χ0) is 27.7. The third-order valence-corrected chi connectivity index (χ3v) is 7.28. The third kappa shape index (κ3) is 37.6. The second-order valence-electron chi connectivity index (χ2n) is 11.3. The molecule has 0 aromatic heterocycles. The molecule has 224 valence electrons. The molecule has 0 amide bonds. The normalized spacial score (nSPS) is 11.7. The van der Waals surface area contributed by atoms with Crippen molar-refractivity contribution in [2.45, 2.75) is 207 Å². The lowest BCUT2D eigenvalue weighted by molar-refractivity contribution is -0.143. The van der Waals surface area contributed by atoms with E-state index in [0.717, 1.165) is 25.7 Å². The monoisotopic (exact) mass is 527 g/mol. The van der Waals surface area contributed by atoms with Crippen LogP contribution in [0.3, 0.4) is 0 Å². The Balaban J connectivity index is 0. The van der Waals surface area contributed by atoms with E-state index in [2.05, 4.69) is 27.7 Å². The number of esters is 1. The summed E-state index contributed by atoms with van der Waals surface area (Å²) in [5.74, 6) is 0.00412. The first-order valence-electron chi connectivity index (χ1n) is 17.0. The highest BCUT2D eigenvalue weighted by Crippen LogP contribution is 2.14. The Labute approximate surface area is 234 Å². The molecule has 1 unspecified atom stereocenters. The molecule has 1 N–H and O–H groups in total. The first-order chi connectivity index (χ1) is 18.1. The fourth-order valence-electron chi connectivity index (χ4n) is 4.66. The number of rotatable bonds is 28. The van der Waals surface area contributed by atoms with Crippen LogP contribution in [0, 0.1) is 0 Å². The van der Waals surface area contributed by atoms with E-state index >= 15 is 0 Å². The molecule has 0 aromatic carbocycles. The number of carbonyl (C=O) groups excluding carboxylic acids is 1. The molecule has 3 heteroatoms. The van der Waals surface area contributed by atoms with Crippen molar-refractivity contribution in [3.8, 4) is 0 Å². The maximum absolute atomic E-state index is 11.5. The van der Waals surface area contributed by atoms with Crippen LogP contribution in [-0.2, 0) is 9.53 Å². The van der Waals surface area contributed by atoms with Gasteiger partial charge >= 0.3 is 5.97 Å². The summed E-state index contributed by atoms with van der Waals surface area (Å²) in [5, 5.41) is 9.79. The maximum Gasteiger partial charge on any atom is 0.305 e. The molecule has 0 bridgehead atoms. The summed E-state index contributed by atoms with van der Waals surface area (Å²) in [5.41, 5.74) is 0. The van der Waals surface area contributed by atoms with Crippen LogP contribution in [0.15, 0.2) is 0 Å². The molecule has 0 radical (unpaired) electrons. The van der Waals surface area contributed by atoms with Gasteiger partial charge in [-0.25, -0.2) is 0 Å². The summed E-state index contributed by atoms with van der Waals surface area (Å²) < 4.78 is 5.22. The topological polar surface area (TPSA) is 46.5 Å². The molecular weight excluding hydrogens is 456 g/mol. The minimum absolute atomic E-state index is 0.00412. The van der Waals surface area contributed by atoms with E-state index in [9.17, 15) is 9.90 Å². The molecule has 0 heterocycles. The molecule has 0 rings (SSSR count). The van der Waals surface area contributed by atoms with E-state index in [1.165, 1.54) is 141 Å². The Hall–Kier alpha value is -0.570. The molecule has 0 aliphatic carbocycles. The van der Waals surface area contributed by atoms with Crippen LogP contribution in [0.5, 0.6) is 0 Å². The number of hydrogen-bond donors (Lipinski definition) is 1. The van der Waals surface area contributed by atoms with Gasteiger partial charge in [-0.05, 0) is 25.7 Å². The highest BCUT2D eigenvalue weighted by atomic mass is 16.5. The van der Waals surface area contributed by atoms with Crippen LogP contribution in [0.25, 0.3) is 0 Å². The fraction of sp³-hybridized carbons (Fsp3) is 0.971. The van der Waals surface area contributed by atoms with E-state index in [1.807, 2.05) is 0 Å². The van der Waals surface area contributed by atoms with Gasteiger partial charge < -0.3 is 9.84 Å². The quantitative estimate of drug-likeness (QED) is 0.0814. The Kier molecular flexibility index (Phi) is 36.9. The molecule has 1 atom stereocenters. The molecule has 0 fully saturated rings. The van der Waals surface area contributed by atoms with Gasteiger partial charge in [0.1, 0.15) is 0 Å². The van der Waals surface area contributed by atoms with Crippen LogP contribution in [0.2, 0.25) is 0 Å². The smallest absolute Gasteiger partial charge is 0.305 e. The van der Waals surface area contributed by atoms with Crippen LogP contribution in [0.1, 0.15) is 201 Å². The van der Waals surface area contributed by atoms with Crippen molar-refractivity contribution >= 4 is 5.97 Å². The Morgan fingerprint density at radius 3 is 1.24 bits per heavy atom. The van der Waals surface area contributed by atoms with Gasteiger partial charge in [-0.3, -0.25) is 4.79 Å². The number of aliphatic hydroxyl groups excluding tert-OH is 1. The SMILES string of the molecule is CCCCCCCCCC(O)CCCCCC.CCCCCCCCCCCC(=O)OCCCCCC. The predicted molar refractivity (Wildman–Crippen MR) is 164 cm³/mol. The van der Waals surface area contributed by atoms with E-state index in [-0.39, 0.29) is 12.1 Å². The molecule has 0 aliphatic rings. The van der Waals surface area contributed by atoms with Crippen molar-refractivity contribution in [1.29, 1.82) is 0 Å². The molecule has 37 heavy (non-hydrogen) atoms. The van der Waals surface area contributed by atoms with Crippen molar-refractivity contribution < 1.29 is 14.6 Å². The average molecular weight is 527 g/mol. The number of unbranched alkanes of at least 4 members (excludes halogenated alkanes) is 20. The molecule has 0 spiro atoms. The molecule has 0 aromatic rings. The Morgan fingerprint density at radius 1 is 0.486 bits per heavy atom. The van der Waals surface area contributed by atoms with E-state index in [4.69, 9.17) is 4.74 Å². The van der Waals surface area contributed by atoms with E-state index < -0.39 is 0 Å². The second kappa shape index (κ2) is 35.4. The lowest BCUT2D eigenvalue weighted by atomic mass is 10.0. The summed E-state index contributed by atoms with van der Waals surface area (Å²) in [6.07, 6.45) is 33.5. The summed E-state index contributed by atoms with van der Waals surface area (Å²) in [4.78, 5) is 11.5. The minimum Gasteiger partial charge on any atom is -0.466 e. The zero-order valence-corrected chi connectivity index (χ0v) is 26.1. The van der Waals surface area contributed by atoms with Crippen LogP contribution < -0.4 is 0 Å². The highest BCUT2D eigenvalue weighted by molar-refractivity contribution is 5.69. The van der Waals surface area contributed by atoms with Gasteiger partial charge in [0.15, 0.2) is 0 Å². The highest BCUT2D eigenvalue weighted by Gasteiger charge is 2.04. The predicted octanol–water partition coefficient (Wildman–Crippen LogP) is 11.5. The first kappa shape index (κ1) is 38.6. The zero-order valence-electron chi connectivity index (χ0n) is 26.1. The van der Waals surface area contributed by atoms with Gasteiger partial charge in [-0.1, -0.05) is 169 Å². The fourth-order valence-corrected chi connectivity index (χ4v) is 4.66. The largest absolute Gasteiger partial charge is 0.466 e. The van der Waals surface area contributed by atoms with Crippen LogP contribution in [-0.4, -0.2) is 23.8 Å². The lowest BCUT2D eigenvalue weighted by Crippen LogP contribution is -2.05. The molecular formula is C34H70O3. The Morgan fingerprint density at radius 2 is 0.811 bits per heavy atom. The van der Waals surface area contributed by atoms with Gasteiger partial charge in [0.2, 0.25) is 0 Å².